The minimum atomic E-state index is -5.18. The first kappa shape index (κ1) is 40.5. The van der Waals surface area contributed by atoms with Crippen molar-refractivity contribution in [3.8, 4) is 28.0 Å². The summed E-state index contributed by atoms with van der Waals surface area (Å²) in [7, 11) is 3.54. The molecule has 0 aliphatic heterocycles. The van der Waals surface area contributed by atoms with Crippen LogP contribution in [0.2, 0.25) is 0 Å². The van der Waals surface area contributed by atoms with E-state index in [4.69, 9.17) is 19.9 Å². The molecule has 0 aromatic heterocycles. The van der Waals surface area contributed by atoms with Gasteiger partial charge >= 0.3 is 24.5 Å². The van der Waals surface area contributed by atoms with Crippen molar-refractivity contribution in [2.24, 2.45) is 0 Å². The van der Waals surface area contributed by atoms with Crippen molar-refractivity contribution < 1.29 is 63.3 Å². The molecule has 0 aliphatic rings. The van der Waals surface area contributed by atoms with Crippen LogP contribution < -0.4 is 10.5 Å². The van der Waals surface area contributed by atoms with Crippen LogP contribution in [0.4, 0.5) is 45.2 Å². The van der Waals surface area contributed by atoms with E-state index in [2.05, 4.69) is 0 Å². The van der Waals surface area contributed by atoms with Crippen molar-refractivity contribution >= 4 is 18.1 Å². The summed E-state index contributed by atoms with van der Waals surface area (Å²) in [5.41, 5.74) is 2.99. The van der Waals surface area contributed by atoms with Crippen LogP contribution in [0.1, 0.15) is 56.8 Å². The SMILES string of the molecule is COC(=O)c1ccc(-c2ccc(OC)c(-c3c(N)cc(C(F)(F)F)cc3CN(C=O)[C@@H](C)[C@H](OC)c3cc(C(F)(F)F)cc(C(F)(F)F)c3)c2)c(C)c1. The number of nitrogens with two attached hydrogens (primary N) is 1. The first-order chi connectivity index (χ1) is 24.6. The number of amides is 1. The second-order valence-corrected chi connectivity index (χ2v) is 12.0. The number of nitrogen functional groups attached to an aromatic ring is 1. The summed E-state index contributed by atoms with van der Waals surface area (Å²) in [6.45, 7) is 2.33. The second kappa shape index (κ2) is 15.4. The molecule has 4 rings (SSSR count). The number of hydrogen-bond donors (Lipinski definition) is 1. The molecule has 53 heavy (non-hydrogen) atoms. The van der Waals surface area contributed by atoms with Crippen molar-refractivity contribution in [1.29, 1.82) is 0 Å². The van der Waals surface area contributed by atoms with Gasteiger partial charge in [0.15, 0.2) is 0 Å². The number of methoxy groups -OCH3 is 3. The fourth-order valence-corrected chi connectivity index (χ4v) is 6.05. The Kier molecular flexibility index (Phi) is 11.8. The van der Waals surface area contributed by atoms with Gasteiger partial charge in [-0.2, -0.15) is 39.5 Å². The van der Waals surface area contributed by atoms with Gasteiger partial charge in [0.2, 0.25) is 6.41 Å². The predicted molar refractivity (Wildman–Crippen MR) is 177 cm³/mol. The number of aryl methyl sites for hydroxylation is 1. The molecule has 4 aromatic rings. The molecule has 0 fully saturated rings. The minimum Gasteiger partial charge on any atom is -0.496 e. The average molecular weight is 757 g/mol. The average Bonchev–Trinajstić information content (AvgIpc) is 3.08. The van der Waals surface area contributed by atoms with E-state index in [-0.39, 0.29) is 46.2 Å². The molecular formula is C37H33F9N2O5. The predicted octanol–water partition coefficient (Wildman–Crippen LogP) is 9.50. The molecule has 0 bridgehead atoms. The molecular weight excluding hydrogens is 723 g/mol. The molecule has 16 heteroatoms. The molecule has 0 spiro atoms. The summed E-state index contributed by atoms with van der Waals surface area (Å²) < 4.78 is 140. The maximum absolute atomic E-state index is 14.1. The number of halogens is 9. The maximum atomic E-state index is 14.1. The van der Waals surface area contributed by atoms with E-state index in [1.165, 1.54) is 33.3 Å². The molecule has 284 valence electrons. The molecule has 2 atom stereocenters. The monoisotopic (exact) mass is 756 g/mol. The largest absolute Gasteiger partial charge is 0.496 e. The van der Waals surface area contributed by atoms with Crippen molar-refractivity contribution in [2.75, 3.05) is 27.1 Å². The van der Waals surface area contributed by atoms with Gasteiger partial charge in [0.25, 0.3) is 0 Å². The highest BCUT2D eigenvalue weighted by Gasteiger charge is 2.39. The van der Waals surface area contributed by atoms with Gasteiger partial charge in [-0.25, -0.2) is 4.79 Å². The Labute approximate surface area is 298 Å². The third kappa shape index (κ3) is 8.87. The minimum absolute atomic E-state index is 0.00646. The second-order valence-electron chi connectivity index (χ2n) is 12.0. The van der Waals surface area contributed by atoms with E-state index in [0.717, 1.165) is 18.1 Å². The zero-order chi connectivity index (χ0) is 39.6. The summed E-state index contributed by atoms with van der Waals surface area (Å²) in [4.78, 5) is 25.5. The fraction of sp³-hybridized carbons (Fsp3) is 0.297. The number of carbonyl (C=O) groups is 2. The highest BCUT2D eigenvalue weighted by atomic mass is 19.4. The number of rotatable bonds is 11. The van der Waals surface area contributed by atoms with Gasteiger partial charge in [0.05, 0.1) is 42.5 Å². The van der Waals surface area contributed by atoms with E-state index < -0.39 is 65.4 Å². The van der Waals surface area contributed by atoms with Gasteiger partial charge in [-0.3, -0.25) is 4.79 Å². The molecule has 2 N–H and O–H groups in total. The Morgan fingerprint density at radius 3 is 1.87 bits per heavy atom. The van der Waals surface area contributed by atoms with Crippen LogP contribution in [0.3, 0.4) is 0 Å². The first-order valence-corrected chi connectivity index (χ1v) is 15.5. The number of ether oxygens (including phenoxy) is 3. The third-order valence-electron chi connectivity index (χ3n) is 8.65. The van der Waals surface area contributed by atoms with Crippen molar-refractivity contribution in [2.45, 2.75) is 51.1 Å². The molecule has 4 aromatic carbocycles. The lowest BCUT2D eigenvalue weighted by atomic mass is 9.90. The van der Waals surface area contributed by atoms with Crippen LogP contribution in [-0.4, -0.2) is 44.7 Å². The Hall–Kier alpha value is -5.25. The molecule has 0 radical (unpaired) electrons. The van der Waals surface area contributed by atoms with E-state index in [1.54, 1.807) is 31.2 Å². The van der Waals surface area contributed by atoms with E-state index in [9.17, 15) is 49.1 Å². The number of esters is 1. The third-order valence-corrected chi connectivity index (χ3v) is 8.65. The van der Waals surface area contributed by atoms with Crippen LogP contribution in [0.5, 0.6) is 5.75 Å². The Morgan fingerprint density at radius 2 is 1.38 bits per heavy atom. The number of anilines is 1. The maximum Gasteiger partial charge on any atom is 0.416 e. The Balaban J connectivity index is 1.89. The van der Waals surface area contributed by atoms with Crippen LogP contribution in [0, 0.1) is 6.92 Å². The number of hydrogen-bond acceptors (Lipinski definition) is 6. The molecule has 7 nitrogen and oxygen atoms in total. The van der Waals surface area contributed by atoms with Crippen LogP contribution >= 0.6 is 0 Å². The number of carbonyl (C=O) groups excluding carboxylic acids is 2. The quantitative estimate of drug-likeness (QED) is 0.0710. The van der Waals surface area contributed by atoms with Gasteiger partial charge in [-0.15, -0.1) is 0 Å². The summed E-state index contributed by atoms with van der Waals surface area (Å²) >= 11 is 0. The van der Waals surface area contributed by atoms with Crippen molar-refractivity contribution in [3.05, 3.63) is 106 Å². The van der Waals surface area contributed by atoms with Crippen molar-refractivity contribution in [3.63, 3.8) is 0 Å². The zero-order valence-corrected chi connectivity index (χ0v) is 28.8. The molecule has 0 saturated carbocycles. The fourth-order valence-electron chi connectivity index (χ4n) is 6.05. The topological polar surface area (TPSA) is 91.1 Å². The van der Waals surface area contributed by atoms with Gasteiger partial charge in [-0.05, 0) is 96.3 Å². The highest BCUT2D eigenvalue weighted by Crippen LogP contribution is 2.44. The van der Waals surface area contributed by atoms with Crippen LogP contribution in [0.25, 0.3) is 22.3 Å². The van der Waals surface area contributed by atoms with Crippen LogP contribution in [-0.2, 0) is 39.3 Å². The lowest BCUT2D eigenvalue weighted by Gasteiger charge is -2.33. The lowest BCUT2D eigenvalue weighted by Crippen LogP contribution is -2.37. The lowest BCUT2D eigenvalue weighted by molar-refractivity contribution is -0.143. The Bertz CT molecular complexity index is 1960. The number of alkyl halides is 9. The molecule has 1 amide bonds. The summed E-state index contributed by atoms with van der Waals surface area (Å²) in [6, 6.07) is 10.5. The van der Waals surface area contributed by atoms with Crippen molar-refractivity contribution in [1.82, 2.24) is 4.90 Å². The Morgan fingerprint density at radius 1 is 0.792 bits per heavy atom. The summed E-state index contributed by atoms with van der Waals surface area (Å²) in [5, 5.41) is 0. The van der Waals surface area contributed by atoms with Gasteiger partial charge in [0.1, 0.15) is 11.9 Å². The van der Waals surface area contributed by atoms with E-state index in [1.807, 2.05) is 0 Å². The normalized spacial score (nSPS) is 13.3. The van der Waals surface area contributed by atoms with Gasteiger partial charge in [0, 0.05) is 30.5 Å². The molecule has 0 aliphatic carbocycles. The first-order valence-electron chi connectivity index (χ1n) is 15.5. The zero-order valence-electron chi connectivity index (χ0n) is 28.8. The number of nitrogens with zero attached hydrogens (tertiary/aromatic N) is 1. The molecule has 0 heterocycles. The van der Waals surface area contributed by atoms with Crippen LogP contribution in [0.15, 0.2) is 66.7 Å². The standard InChI is InChI=1S/C37H33F9N2O5/c1-19-10-22(34(50)53-5)6-8-28(19)21-7-9-31(51-3)29(14-21)32-24(13-27(16-30(32)47)37(44,45)46)17-48(18-49)20(2)33(52-4)23-11-25(35(38,39)40)15-26(12-23)36(41,42)43/h6-16,18,20,33H,17,47H2,1-5H3/t20-,33-/m0/s1. The van der Waals surface area contributed by atoms with Gasteiger partial charge < -0.3 is 24.8 Å². The highest BCUT2D eigenvalue weighted by molar-refractivity contribution is 5.91. The van der Waals surface area contributed by atoms with E-state index >= 15 is 0 Å². The summed E-state index contributed by atoms with van der Waals surface area (Å²) in [6.07, 6.45) is -16.7. The number of benzene rings is 4. The van der Waals surface area contributed by atoms with Gasteiger partial charge in [-0.1, -0.05) is 12.1 Å². The summed E-state index contributed by atoms with van der Waals surface area (Å²) in [5.74, 6) is -0.412. The smallest absolute Gasteiger partial charge is 0.416 e. The molecule has 0 unspecified atom stereocenters. The molecule has 0 saturated heterocycles. The van der Waals surface area contributed by atoms with E-state index in [0.29, 0.717) is 34.9 Å².